The molecule has 5 fully saturated rings. The van der Waals surface area contributed by atoms with Crippen LogP contribution in [0.3, 0.4) is 0 Å². The summed E-state index contributed by atoms with van der Waals surface area (Å²) in [7, 11) is 4.42. The summed E-state index contributed by atoms with van der Waals surface area (Å²) in [6.45, 7) is 6.57. The lowest BCUT2D eigenvalue weighted by Crippen LogP contribution is -2.51. The van der Waals surface area contributed by atoms with Gasteiger partial charge in [0.05, 0.1) is 18.1 Å². The van der Waals surface area contributed by atoms with Crippen molar-refractivity contribution in [2.75, 3.05) is 40.3 Å². The Balaban J connectivity index is 1.30. The highest BCUT2D eigenvalue weighted by atomic mass is 16.6. The number of piperidine rings is 1. The minimum Gasteiger partial charge on any atom is -0.462 e. The summed E-state index contributed by atoms with van der Waals surface area (Å²) in [5, 5.41) is 0. The molecule has 5 aliphatic rings. The quantitative estimate of drug-likeness (QED) is 0.559. The predicted molar refractivity (Wildman–Crippen MR) is 103 cm³/mol. The van der Waals surface area contributed by atoms with E-state index in [0.29, 0.717) is 23.3 Å². The summed E-state index contributed by atoms with van der Waals surface area (Å²) in [5.74, 6) is 1.13. The van der Waals surface area contributed by atoms with Gasteiger partial charge < -0.3 is 19.3 Å². The molecular formula is C22H36N2O3. The van der Waals surface area contributed by atoms with Crippen LogP contribution < -0.4 is 0 Å². The van der Waals surface area contributed by atoms with Crippen LogP contribution in [0.1, 0.15) is 51.9 Å². The van der Waals surface area contributed by atoms with Crippen molar-refractivity contribution < 1.29 is 14.3 Å². The molecular weight excluding hydrogens is 340 g/mol. The molecule has 27 heavy (non-hydrogen) atoms. The molecule has 6 unspecified atom stereocenters. The number of nitrogens with zero attached hydrogens (tertiary/aromatic N) is 2. The zero-order chi connectivity index (χ0) is 18.8. The molecule has 0 radical (unpaired) electrons. The number of ether oxygens (including phenoxy) is 2. The molecule has 3 saturated heterocycles. The molecule has 0 N–H and O–H groups in total. The van der Waals surface area contributed by atoms with Gasteiger partial charge in [0.15, 0.2) is 0 Å². The van der Waals surface area contributed by atoms with Crippen LogP contribution in [0.2, 0.25) is 0 Å². The molecule has 5 nitrogen and oxygen atoms in total. The number of epoxide rings is 1. The van der Waals surface area contributed by atoms with Crippen LogP contribution in [0.4, 0.5) is 0 Å². The van der Waals surface area contributed by atoms with Crippen molar-refractivity contribution in [3.8, 4) is 0 Å². The first-order chi connectivity index (χ1) is 12.9. The molecule has 0 aromatic carbocycles. The van der Waals surface area contributed by atoms with Gasteiger partial charge in [0, 0.05) is 18.5 Å². The molecule has 2 saturated carbocycles. The lowest BCUT2D eigenvalue weighted by molar-refractivity contribution is -0.147. The van der Waals surface area contributed by atoms with Gasteiger partial charge in [0.25, 0.3) is 0 Å². The summed E-state index contributed by atoms with van der Waals surface area (Å²) in [5.41, 5.74) is 0.443. The Morgan fingerprint density at radius 1 is 1.26 bits per heavy atom. The highest BCUT2D eigenvalue weighted by Gasteiger charge is 2.65. The molecule has 0 aromatic rings. The molecule has 5 heteroatoms. The van der Waals surface area contributed by atoms with Gasteiger partial charge in [-0.05, 0) is 83.5 Å². The highest BCUT2D eigenvalue weighted by molar-refractivity contribution is 5.75. The van der Waals surface area contributed by atoms with Crippen LogP contribution in [-0.4, -0.2) is 73.9 Å². The largest absolute Gasteiger partial charge is 0.462 e. The number of rotatable bonds is 3. The number of carbonyl (C=O) groups is 1. The second-order valence-electron chi connectivity index (χ2n) is 10.6. The third kappa shape index (κ3) is 3.05. The fourth-order valence-electron chi connectivity index (χ4n) is 7.06. The van der Waals surface area contributed by atoms with Crippen molar-refractivity contribution in [1.29, 1.82) is 0 Å². The number of esters is 1. The van der Waals surface area contributed by atoms with E-state index in [2.05, 4.69) is 30.8 Å². The summed E-state index contributed by atoms with van der Waals surface area (Å²) in [6, 6.07) is 0.606. The van der Waals surface area contributed by atoms with Crippen molar-refractivity contribution in [3.63, 3.8) is 0 Å². The Kier molecular flexibility index (Phi) is 4.38. The summed E-state index contributed by atoms with van der Waals surface area (Å²) >= 11 is 0. The van der Waals surface area contributed by atoms with E-state index >= 15 is 0 Å². The number of hydrogen-bond acceptors (Lipinski definition) is 5. The Morgan fingerprint density at radius 3 is 2.70 bits per heavy atom. The molecule has 1 spiro atoms. The lowest BCUT2D eigenvalue weighted by atomic mass is 9.53. The number of fused-ring (bicyclic) bond motifs is 3. The van der Waals surface area contributed by atoms with Gasteiger partial charge in [0.1, 0.15) is 6.10 Å². The van der Waals surface area contributed by atoms with E-state index in [1.54, 1.807) is 0 Å². The van der Waals surface area contributed by atoms with E-state index in [1.165, 1.54) is 32.1 Å². The van der Waals surface area contributed by atoms with Gasteiger partial charge in [-0.15, -0.1) is 0 Å². The SMILES string of the molecule is CN1CCC(N(C)CC2C(=O)OC3CC4(C)CCCC5(CO5)C4CC32)CC1. The number of carbonyl (C=O) groups excluding carboxylic acids is 1. The molecule has 0 bridgehead atoms. The van der Waals surface area contributed by atoms with E-state index in [-0.39, 0.29) is 23.6 Å². The fourth-order valence-corrected chi connectivity index (χ4v) is 7.06. The molecule has 2 aliphatic carbocycles. The molecule has 0 aromatic heterocycles. The monoisotopic (exact) mass is 376 g/mol. The number of likely N-dealkylation sites (tertiary alicyclic amines) is 1. The minimum absolute atomic E-state index is 0.0573. The summed E-state index contributed by atoms with van der Waals surface area (Å²) in [4.78, 5) is 17.7. The van der Waals surface area contributed by atoms with Crippen LogP contribution in [0.25, 0.3) is 0 Å². The minimum atomic E-state index is 0.0573. The second kappa shape index (κ2) is 6.43. The molecule has 3 heterocycles. The van der Waals surface area contributed by atoms with Gasteiger partial charge in [-0.2, -0.15) is 0 Å². The van der Waals surface area contributed by atoms with E-state index in [9.17, 15) is 4.79 Å². The number of hydrogen-bond donors (Lipinski definition) is 0. The maximum atomic E-state index is 12.8. The van der Waals surface area contributed by atoms with Crippen LogP contribution in [-0.2, 0) is 14.3 Å². The predicted octanol–water partition coefficient (Wildman–Crippen LogP) is 2.54. The van der Waals surface area contributed by atoms with E-state index in [0.717, 1.165) is 39.1 Å². The standard InChI is InChI=1S/C22H36N2O3/c1-21-7-4-8-22(14-26-22)19(21)11-16-17(20(25)27-18(16)12-21)13-24(3)15-5-9-23(2)10-6-15/h15-19H,4-14H2,1-3H3. The average Bonchev–Trinajstić information content (AvgIpc) is 3.33. The van der Waals surface area contributed by atoms with Crippen LogP contribution >= 0.6 is 0 Å². The Labute approximate surface area is 163 Å². The fraction of sp³-hybridized carbons (Fsp3) is 0.955. The molecule has 6 atom stereocenters. The highest BCUT2D eigenvalue weighted by Crippen LogP contribution is 2.62. The van der Waals surface area contributed by atoms with Gasteiger partial charge in [-0.1, -0.05) is 6.92 Å². The first-order valence-electron chi connectivity index (χ1n) is 11.1. The van der Waals surface area contributed by atoms with Gasteiger partial charge >= 0.3 is 5.97 Å². The maximum absolute atomic E-state index is 12.8. The van der Waals surface area contributed by atoms with Gasteiger partial charge in [0.2, 0.25) is 0 Å². The second-order valence-corrected chi connectivity index (χ2v) is 10.6. The third-order valence-electron chi connectivity index (χ3n) is 8.88. The first kappa shape index (κ1) is 18.4. The van der Waals surface area contributed by atoms with Gasteiger partial charge in [-0.3, -0.25) is 4.79 Å². The molecule has 3 aliphatic heterocycles. The Bertz CT molecular complexity index is 598. The topological polar surface area (TPSA) is 45.3 Å². The zero-order valence-corrected chi connectivity index (χ0v) is 17.3. The smallest absolute Gasteiger partial charge is 0.310 e. The van der Waals surface area contributed by atoms with Crippen LogP contribution in [0, 0.1) is 23.2 Å². The third-order valence-corrected chi connectivity index (χ3v) is 8.88. The maximum Gasteiger partial charge on any atom is 0.310 e. The normalized spacial score (nSPS) is 47.8. The van der Waals surface area contributed by atoms with E-state index in [1.807, 2.05) is 0 Å². The molecule has 152 valence electrons. The van der Waals surface area contributed by atoms with Crippen molar-refractivity contribution in [3.05, 3.63) is 0 Å². The Morgan fingerprint density at radius 2 is 2.00 bits per heavy atom. The zero-order valence-electron chi connectivity index (χ0n) is 17.3. The van der Waals surface area contributed by atoms with Crippen molar-refractivity contribution in [2.24, 2.45) is 23.2 Å². The van der Waals surface area contributed by atoms with E-state index in [4.69, 9.17) is 9.47 Å². The lowest BCUT2D eigenvalue weighted by Gasteiger charge is -2.51. The summed E-state index contributed by atoms with van der Waals surface area (Å²) in [6.07, 6.45) is 8.49. The van der Waals surface area contributed by atoms with Crippen molar-refractivity contribution >= 4 is 5.97 Å². The van der Waals surface area contributed by atoms with E-state index < -0.39 is 0 Å². The van der Waals surface area contributed by atoms with Crippen molar-refractivity contribution in [1.82, 2.24) is 9.80 Å². The van der Waals surface area contributed by atoms with Crippen LogP contribution in [0.15, 0.2) is 0 Å². The van der Waals surface area contributed by atoms with Crippen molar-refractivity contribution in [2.45, 2.75) is 69.6 Å². The Hall–Kier alpha value is -0.650. The molecule has 0 amide bonds. The average molecular weight is 377 g/mol. The molecule has 5 rings (SSSR count). The van der Waals surface area contributed by atoms with Crippen LogP contribution in [0.5, 0.6) is 0 Å². The first-order valence-corrected chi connectivity index (χ1v) is 11.1. The van der Waals surface area contributed by atoms with Gasteiger partial charge in [-0.25, -0.2) is 0 Å². The summed E-state index contributed by atoms with van der Waals surface area (Å²) < 4.78 is 12.0.